The highest BCUT2D eigenvalue weighted by molar-refractivity contribution is 8.01. The van der Waals surface area contributed by atoms with Gasteiger partial charge in [-0.05, 0) is 17.7 Å². The van der Waals surface area contributed by atoms with Gasteiger partial charge in [0.15, 0.2) is 4.34 Å². The standard InChI is InChI=1S/C18H16N4O2S2/c19-17-20-21-18(26-17)25-11-16(23)22-13-8-4-5-9-15(13)24-10-14(22)12-6-2-1-3-7-12/h1-9,14H,10-11H2,(H2,19,20). The van der Waals surface area contributed by atoms with E-state index in [9.17, 15) is 4.79 Å². The Kier molecular flexibility index (Phi) is 4.77. The number of ether oxygens (including phenoxy) is 1. The zero-order valence-corrected chi connectivity index (χ0v) is 15.4. The second-order valence-corrected chi connectivity index (χ2v) is 7.90. The Bertz CT molecular complexity index is 916. The maximum Gasteiger partial charge on any atom is 0.238 e. The minimum atomic E-state index is -0.168. The van der Waals surface area contributed by atoms with Crippen molar-refractivity contribution in [2.75, 3.05) is 23.0 Å². The molecule has 1 aliphatic rings. The van der Waals surface area contributed by atoms with E-state index < -0.39 is 0 Å². The number of thioether (sulfide) groups is 1. The molecule has 1 atom stereocenters. The number of para-hydroxylation sites is 2. The van der Waals surface area contributed by atoms with Gasteiger partial charge in [-0.25, -0.2) is 0 Å². The molecule has 0 aliphatic carbocycles. The summed E-state index contributed by atoms with van der Waals surface area (Å²) in [5.41, 5.74) is 7.44. The topological polar surface area (TPSA) is 81.3 Å². The fourth-order valence-corrected chi connectivity index (χ4v) is 4.39. The number of aromatic nitrogens is 2. The van der Waals surface area contributed by atoms with E-state index in [2.05, 4.69) is 10.2 Å². The number of nitrogens with two attached hydrogens (primary N) is 1. The van der Waals surface area contributed by atoms with E-state index in [1.807, 2.05) is 59.5 Å². The van der Waals surface area contributed by atoms with Crippen molar-refractivity contribution in [1.82, 2.24) is 10.2 Å². The van der Waals surface area contributed by atoms with E-state index in [1.165, 1.54) is 23.1 Å². The van der Waals surface area contributed by atoms with Gasteiger partial charge < -0.3 is 10.5 Å². The molecule has 2 N–H and O–H groups in total. The van der Waals surface area contributed by atoms with Crippen molar-refractivity contribution in [1.29, 1.82) is 0 Å². The molecule has 132 valence electrons. The first-order chi connectivity index (χ1) is 12.7. The van der Waals surface area contributed by atoms with Crippen LogP contribution < -0.4 is 15.4 Å². The van der Waals surface area contributed by atoms with Crippen LogP contribution in [-0.4, -0.2) is 28.5 Å². The zero-order valence-electron chi connectivity index (χ0n) is 13.7. The van der Waals surface area contributed by atoms with Crippen LogP contribution >= 0.6 is 23.1 Å². The lowest BCUT2D eigenvalue weighted by Gasteiger charge is -2.37. The van der Waals surface area contributed by atoms with Crippen molar-refractivity contribution in [2.24, 2.45) is 0 Å². The van der Waals surface area contributed by atoms with Crippen LogP contribution in [0.25, 0.3) is 0 Å². The molecule has 0 saturated carbocycles. The Hall–Kier alpha value is -2.58. The van der Waals surface area contributed by atoms with Gasteiger partial charge in [-0.2, -0.15) is 0 Å². The molecule has 6 nitrogen and oxygen atoms in total. The number of rotatable bonds is 4. The average molecular weight is 384 g/mol. The third-order valence-corrected chi connectivity index (χ3v) is 5.90. The largest absolute Gasteiger partial charge is 0.489 e. The van der Waals surface area contributed by atoms with Gasteiger partial charge in [0.1, 0.15) is 12.4 Å². The average Bonchev–Trinajstić information content (AvgIpc) is 3.11. The summed E-state index contributed by atoms with van der Waals surface area (Å²) in [5, 5.41) is 8.15. The second kappa shape index (κ2) is 7.35. The van der Waals surface area contributed by atoms with Gasteiger partial charge in [0, 0.05) is 0 Å². The van der Waals surface area contributed by atoms with Gasteiger partial charge in [0.2, 0.25) is 11.0 Å². The summed E-state index contributed by atoms with van der Waals surface area (Å²) in [6.07, 6.45) is 0. The summed E-state index contributed by atoms with van der Waals surface area (Å²) < 4.78 is 6.59. The van der Waals surface area contributed by atoms with Crippen LogP contribution in [0.15, 0.2) is 58.9 Å². The molecule has 1 unspecified atom stereocenters. The Morgan fingerprint density at radius 2 is 1.96 bits per heavy atom. The molecule has 1 aliphatic heterocycles. The summed E-state index contributed by atoms with van der Waals surface area (Å²) in [5.74, 6) is 0.971. The number of carbonyl (C=O) groups is 1. The van der Waals surface area contributed by atoms with Crippen LogP contribution in [0.1, 0.15) is 11.6 Å². The molecule has 0 fully saturated rings. The smallest absolute Gasteiger partial charge is 0.238 e. The van der Waals surface area contributed by atoms with Gasteiger partial charge in [0.05, 0.1) is 17.5 Å². The molecule has 8 heteroatoms. The molecule has 0 spiro atoms. The third kappa shape index (κ3) is 3.38. The van der Waals surface area contributed by atoms with Gasteiger partial charge >= 0.3 is 0 Å². The monoisotopic (exact) mass is 384 g/mol. The number of nitrogen functional groups attached to an aromatic ring is 1. The highest BCUT2D eigenvalue weighted by atomic mass is 32.2. The quantitative estimate of drug-likeness (QED) is 0.695. The minimum absolute atomic E-state index is 0.00613. The Morgan fingerprint density at radius 1 is 1.19 bits per heavy atom. The minimum Gasteiger partial charge on any atom is -0.489 e. The molecule has 4 rings (SSSR count). The van der Waals surface area contributed by atoms with Gasteiger partial charge in [0.25, 0.3) is 0 Å². The summed E-state index contributed by atoms with van der Waals surface area (Å²) in [4.78, 5) is 14.9. The molecule has 0 saturated heterocycles. The molecular weight excluding hydrogens is 368 g/mol. The molecule has 1 amide bonds. The fraction of sp³-hybridized carbons (Fsp3) is 0.167. The van der Waals surface area contributed by atoms with Crippen molar-refractivity contribution in [3.05, 3.63) is 60.2 Å². The number of nitrogens with zero attached hydrogens (tertiary/aromatic N) is 3. The molecule has 2 aromatic carbocycles. The maximum atomic E-state index is 13.1. The van der Waals surface area contributed by atoms with Gasteiger partial charge in [-0.15, -0.1) is 10.2 Å². The first-order valence-corrected chi connectivity index (χ1v) is 9.83. The Morgan fingerprint density at radius 3 is 2.73 bits per heavy atom. The number of hydrogen-bond acceptors (Lipinski definition) is 7. The molecule has 0 radical (unpaired) electrons. The molecular formula is C18H16N4O2S2. The number of hydrogen-bond donors (Lipinski definition) is 1. The van der Waals surface area contributed by atoms with E-state index in [1.54, 1.807) is 0 Å². The van der Waals surface area contributed by atoms with E-state index in [4.69, 9.17) is 10.5 Å². The Balaban J connectivity index is 1.62. The molecule has 3 aromatic rings. The highest BCUT2D eigenvalue weighted by Crippen LogP contribution is 2.40. The number of carbonyl (C=O) groups excluding carboxylic acids is 1. The van der Waals surface area contributed by atoms with Crippen LogP contribution in [0.4, 0.5) is 10.8 Å². The van der Waals surface area contributed by atoms with Crippen molar-refractivity contribution < 1.29 is 9.53 Å². The molecule has 1 aromatic heterocycles. The number of benzene rings is 2. The van der Waals surface area contributed by atoms with E-state index >= 15 is 0 Å². The Labute approximate surface area is 159 Å². The number of amides is 1. The lowest BCUT2D eigenvalue weighted by atomic mass is 10.0. The predicted octanol–water partition coefficient (Wildman–Crippen LogP) is 3.38. The van der Waals surface area contributed by atoms with Crippen LogP contribution in [0, 0.1) is 0 Å². The van der Waals surface area contributed by atoms with Crippen LogP contribution in [0.3, 0.4) is 0 Å². The SMILES string of the molecule is Nc1nnc(SCC(=O)N2c3ccccc3OCC2c2ccccc2)s1. The van der Waals surface area contributed by atoms with Crippen molar-refractivity contribution in [3.8, 4) is 5.75 Å². The van der Waals surface area contributed by atoms with Gasteiger partial charge in [-0.1, -0.05) is 65.6 Å². The van der Waals surface area contributed by atoms with Crippen LogP contribution in [0.2, 0.25) is 0 Å². The lowest BCUT2D eigenvalue weighted by molar-refractivity contribution is -0.117. The van der Waals surface area contributed by atoms with Crippen LogP contribution in [0.5, 0.6) is 5.75 Å². The first kappa shape index (κ1) is 16.9. The zero-order chi connectivity index (χ0) is 17.9. The maximum absolute atomic E-state index is 13.1. The molecule has 0 bridgehead atoms. The van der Waals surface area contributed by atoms with E-state index in [0.717, 1.165) is 17.0 Å². The number of fused-ring (bicyclic) bond motifs is 1. The number of anilines is 2. The third-order valence-electron chi connectivity index (χ3n) is 4.03. The van der Waals surface area contributed by atoms with E-state index in [0.29, 0.717) is 16.1 Å². The fourth-order valence-electron chi connectivity index (χ4n) is 2.89. The van der Waals surface area contributed by atoms with Crippen molar-refractivity contribution >= 4 is 39.8 Å². The predicted molar refractivity (Wildman–Crippen MR) is 104 cm³/mol. The van der Waals surface area contributed by atoms with Crippen molar-refractivity contribution in [3.63, 3.8) is 0 Å². The molecule has 2 heterocycles. The second-order valence-electron chi connectivity index (χ2n) is 5.66. The summed E-state index contributed by atoms with van der Waals surface area (Å²) in [6.45, 7) is 0.420. The molecule has 26 heavy (non-hydrogen) atoms. The van der Waals surface area contributed by atoms with Crippen molar-refractivity contribution in [2.45, 2.75) is 10.4 Å². The highest BCUT2D eigenvalue weighted by Gasteiger charge is 2.33. The normalized spacial score (nSPS) is 16.0. The van der Waals surface area contributed by atoms with E-state index in [-0.39, 0.29) is 17.7 Å². The summed E-state index contributed by atoms with van der Waals surface area (Å²) in [6, 6.07) is 17.4. The van der Waals surface area contributed by atoms with Gasteiger partial charge in [-0.3, -0.25) is 9.69 Å². The first-order valence-electron chi connectivity index (χ1n) is 8.03. The summed E-state index contributed by atoms with van der Waals surface area (Å²) in [7, 11) is 0. The lowest BCUT2D eigenvalue weighted by Crippen LogP contribution is -2.42. The van der Waals surface area contributed by atoms with Crippen LogP contribution in [-0.2, 0) is 4.79 Å². The summed E-state index contributed by atoms with van der Waals surface area (Å²) >= 11 is 2.63.